The maximum absolute atomic E-state index is 13.3. The van der Waals surface area contributed by atoms with Gasteiger partial charge in [0, 0.05) is 19.6 Å². The second-order valence-electron chi connectivity index (χ2n) is 4.50. The van der Waals surface area contributed by atoms with Crippen LogP contribution >= 0.6 is 0 Å². The third kappa shape index (κ3) is 3.25. The zero-order chi connectivity index (χ0) is 13.0. The van der Waals surface area contributed by atoms with Crippen molar-refractivity contribution in [2.75, 3.05) is 26.3 Å². The molecular formula is C13H17F2NO2. The van der Waals surface area contributed by atoms with Gasteiger partial charge in [0.15, 0.2) is 0 Å². The number of halogens is 2. The highest BCUT2D eigenvalue weighted by molar-refractivity contribution is 5.14. The number of alkyl halides is 2. The van der Waals surface area contributed by atoms with Crippen molar-refractivity contribution in [2.24, 2.45) is 0 Å². The lowest BCUT2D eigenvalue weighted by Crippen LogP contribution is -2.51. The SMILES string of the molecule is OCC(F)(F)C1CN(Cc2ccccc2)CCO1. The van der Waals surface area contributed by atoms with Crippen LogP contribution < -0.4 is 0 Å². The first-order valence-electron chi connectivity index (χ1n) is 5.98. The van der Waals surface area contributed by atoms with Crippen molar-refractivity contribution in [2.45, 2.75) is 18.6 Å². The van der Waals surface area contributed by atoms with Gasteiger partial charge in [-0.2, -0.15) is 0 Å². The third-order valence-corrected chi connectivity index (χ3v) is 3.08. The molecule has 18 heavy (non-hydrogen) atoms. The van der Waals surface area contributed by atoms with Crippen LogP contribution in [0.4, 0.5) is 8.78 Å². The fourth-order valence-electron chi connectivity index (χ4n) is 2.05. The second kappa shape index (κ2) is 5.73. The Labute approximate surface area is 105 Å². The van der Waals surface area contributed by atoms with Gasteiger partial charge >= 0.3 is 0 Å². The van der Waals surface area contributed by atoms with E-state index in [2.05, 4.69) is 0 Å². The average molecular weight is 257 g/mol. The highest BCUT2D eigenvalue weighted by Crippen LogP contribution is 2.24. The molecular weight excluding hydrogens is 240 g/mol. The van der Waals surface area contributed by atoms with Gasteiger partial charge in [-0.15, -0.1) is 0 Å². The zero-order valence-corrected chi connectivity index (χ0v) is 10.1. The molecule has 1 saturated heterocycles. The van der Waals surface area contributed by atoms with Gasteiger partial charge < -0.3 is 9.84 Å². The predicted octanol–water partition coefficient (Wildman–Crippen LogP) is 1.52. The van der Waals surface area contributed by atoms with E-state index in [1.54, 1.807) is 0 Å². The smallest absolute Gasteiger partial charge is 0.297 e. The van der Waals surface area contributed by atoms with Gasteiger partial charge in [-0.3, -0.25) is 4.90 Å². The minimum absolute atomic E-state index is 0.141. The first-order chi connectivity index (χ1) is 8.62. The molecule has 1 aromatic carbocycles. The van der Waals surface area contributed by atoms with E-state index in [9.17, 15) is 8.78 Å². The van der Waals surface area contributed by atoms with Gasteiger partial charge in [0.25, 0.3) is 5.92 Å². The summed E-state index contributed by atoms with van der Waals surface area (Å²) in [6, 6.07) is 9.71. The molecule has 1 fully saturated rings. The summed E-state index contributed by atoms with van der Waals surface area (Å²) in [6.45, 7) is 0.501. The first kappa shape index (κ1) is 13.4. The van der Waals surface area contributed by atoms with Crippen LogP contribution in [0.15, 0.2) is 30.3 Å². The quantitative estimate of drug-likeness (QED) is 0.887. The van der Waals surface area contributed by atoms with Gasteiger partial charge in [0.2, 0.25) is 0 Å². The lowest BCUT2D eigenvalue weighted by Gasteiger charge is -2.36. The molecule has 0 saturated carbocycles. The Morgan fingerprint density at radius 3 is 2.72 bits per heavy atom. The van der Waals surface area contributed by atoms with E-state index in [1.165, 1.54) is 0 Å². The number of rotatable bonds is 4. The van der Waals surface area contributed by atoms with Crippen LogP contribution in [0.5, 0.6) is 0 Å². The number of nitrogens with zero attached hydrogens (tertiary/aromatic N) is 1. The van der Waals surface area contributed by atoms with Crippen molar-refractivity contribution in [1.29, 1.82) is 0 Å². The molecule has 100 valence electrons. The van der Waals surface area contributed by atoms with E-state index < -0.39 is 18.6 Å². The standard InChI is InChI=1S/C13H17F2NO2/c14-13(15,10-17)12-9-16(6-7-18-12)8-11-4-2-1-3-5-11/h1-5,12,17H,6-10H2. The van der Waals surface area contributed by atoms with Crippen LogP contribution in [-0.2, 0) is 11.3 Å². The molecule has 0 aliphatic carbocycles. The molecule has 0 amide bonds. The maximum Gasteiger partial charge on any atom is 0.297 e. The number of morpholine rings is 1. The summed E-state index contributed by atoms with van der Waals surface area (Å²) in [5.74, 6) is -3.17. The van der Waals surface area contributed by atoms with Crippen molar-refractivity contribution in [3.05, 3.63) is 35.9 Å². The molecule has 1 heterocycles. The van der Waals surface area contributed by atoms with Crippen molar-refractivity contribution in [3.63, 3.8) is 0 Å². The predicted molar refractivity (Wildman–Crippen MR) is 63.5 cm³/mol. The number of ether oxygens (including phenoxy) is 1. The normalized spacial score (nSPS) is 22.1. The molecule has 0 aromatic heterocycles. The first-order valence-corrected chi connectivity index (χ1v) is 5.98. The van der Waals surface area contributed by atoms with Crippen LogP contribution in [0.25, 0.3) is 0 Å². The van der Waals surface area contributed by atoms with Crippen LogP contribution in [0.2, 0.25) is 0 Å². The lowest BCUT2D eigenvalue weighted by molar-refractivity contribution is -0.184. The van der Waals surface area contributed by atoms with Crippen molar-refractivity contribution in [3.8, 4) is 0 Å². The number of hydrogen-bond acceptors (Lipinski definition) is 3. The van der Waals surface area contributed by atoms with Crippen molar-refractivity contribution >= 4 is 0 Å². The minimum atomic E-state index is -3.17. The summed E-state index contributed by atoms with van der Waals surface area (Å²) in [5.41, 5.74) is 1.09. The Morgan fingerprint density at radius 2 is 2.06 bits per heavy atom. The van der Waals surface area contributed by atoms with Crippen LogP contribution in [0.1, 0.15) is 5.56 Å². The molecule has 2 rings (SSSR count). The average Bonchev–Trinajstić information content (AvgIpc) is 2.40. The molecule has 0 radical (unpaired) electrons. The Morgan fingerprint density at radius 1 is 1.33 bits per heavy atom. The van der Waals surface area contributed by atoms with E-state index in [4.69, 9.17) is 9.84 Å². The Hall–Kier alpha value is -1.04. The highest BCUT2D eigenvalue weighted by Gasteiger charge is 2.42. The summed E-state index contributed by atoms with van der Waals surface area (Å²) in [7, 11) is 0. The molecule has 1 atom stereocenters. The monoisotopic (exact) mass is 257 g/mol. The molecule has 0 spiro atoms. The molecule has 1 aliphatic rings. The molecule has 1 unspecified atom stereocenters. The summed E-state index contributed by atoms with van der Waals surface area (Å²) in [5, 5.41) is 8.67. The Bertz CT molecular complexity index is 373. The van der Waals surface area contributed by atoms with E-state index in [-0.39, 0.29) is 13.2 Å². The Kier molecular flexibility index (Phi) is 4.27. The van der Waals surface area contributed by atoms with Crippen molar-refractivity contribution in [1.82, 2.24) is 4.90 Å². The fraction of sp³-hybridized carbons (Fsp3) is 0.538. The lowest BCUT2D eigenvalue weighted by atomic mass is 10.1. The maximum atomic E-state index is 13.3. The van der Waals surface area contributed by atoms with E-state index >= 15 is 0 Å². The largest absolute Gasteiger partial charge is 0.390 e. The second-order valence-corrected chi connectivity index (χ2v) is 4.50. The van der Waals surface area contributed by atoms with Crippen LogP contribution in [0, 0.1) is 0 Å². The number of aliphatic hydroxyl groups is 1. The van der Waals surface area contributed by atoms with Crippen LogP contribution in [-0.4, -0.2) is 48.3 Å². The third-order valence-electron chi connectivity index (χ3n) is 3.08. The number of hydrogen-bond donors (Lipinski definition) is 1. The topological polar surface area (TPSA) is 32.7 Å². The van der Waals surface area contributed by atoms with Gasteiger partial charge in [-0.1, -0.05) is 30.3 Å². The summed E-state index contributed by atoms with van der Waals surface area (Å²) >= 11 is 0. The molecule has 1 N–H and O–H groups in total. The van der Waals surface area contributed by atoms with Crippen LogP contribution in [0.3, 0.4) is 0 Å². The molecule has 0 bridgehead atoms. The highest BCUT2D eigenvalue weighted by atomic mass is 19.3. The minimum Gasteiger partial charge on any atom is -0.390 e. The Balaban J connectivity index is 1.95. The number of aliphatic hydroxyl groups excluding tert-OH is 1. The number of benzene rings is 1. The van der Waals surface area contributed by atoms with Gasteiger partial charge in [0.1, 0.15) is 12.7 Å². The fourth-order valence-corrected chi connectivity index (χ4v) is 2.05. The van der Waals surface area contributed by atoms with E-state index in [1.807, 2.05) is 35.2 Å². The molecule has 1 aromatic rings. The summed E-state index contributed by atoms with van der Waals surface area (Å²) in [6.07, 6.45) is -1.22. The summed E-state index contributed by atoms with van der Waals surface area (Å²) < 4.78 is 31.7. The molecule has 3 nitrogen and oxygen atoms in total. The van der Waals surface area contributed by atoms with Gasteiger partial charge in [-0.05, 0) is 5.56 Å². The van der Waals surface area contributed by atoms with Gasteiger partial charge in [0.05, 0.1) is 6.61 Å². The van der Waals surface area contributed by atoms with E-state index in [0.29, 0.717) is 13.1 Å². The molecule has 5 heteroatoms. The summed E-state index contributed by atoms with van der Waals surface area (Å²) in [4.78, 5) is 1.92. The van der Waals surface area contributed by atoms with Crippen molar-refractivity contribution < 1.29 is 18.6 Å². The van der Waals surface area contributed by atoms with Gasteiger partial charge in [-0.25, -0.2) is 8.78 Å². The zero-order valence-electron chi connectivity index (χ0n) is 10.1. The van der Waals surface area contributed by atoms with E-state index in [0.717, 1.165) is 5.56 Å². The molecule has 1 aliphatic heterocycles.